The van der Waals surface area contributed by atoms with Gasteiger partial charge in [0.2, 0.25) is 0 Å². The van der Waals surface area contributed by atoms with Gasteiger partial charge in [-0.2, -0.15) is 10.2 Å². The highest BCUT2D eigenvalue weighted by molar-refractivity contribution is 6.04. The molecule has 0 atom stereocenters. The maximum Gasteiger partial charge on any atom is 0.260 e. The molecule has 152 valence electrons. The quantitative estimate of drug-likeness (QED) is 0.512. The van der Waals surface area contributed by atoms with Crippen LogP contribution in [0.2, 0.25) is 0 Å². The van der Waals surface area contributed by atoms with Gasteiger partial charge in [0, 0.05) is 37.4 Å². The Morgan fingerprint density at radius 2 is 1.93 bits per heavy atom. The summed E-state index contributed by atoms with van der Waals surface area (Å²) in [6.45, 7) is 4.77. The van der Waals surface area contributed by atoms with Crippen LogP contribution in [0.25, 0.3) is 5.82 Å². The number of anilines is 1. The molecule has 0 aliphatic heterocycles. The van der Waals surface area contributed by atoms with Gasteiger partial charge >= 0.3 is 0 Å². The highest BCUT2D eigenvalue weighted by Gasteiger charge is 2.22. The van der Waals surface area contributed by atoms with E-state index in [1.54, 1.807) is 35.5 Å². The van der Waals surface area contributed by atoms with Crippen LogP contribution in [0.1, 0.15) is 41.4 Å². The zero-order valence-corrected chi connectivity index (χ0v) is 16.9. The smallest absolute Gasteiger partial charge is 0.260 e. The van der Waals surface area contributed by atoms with Crippen LogP contribution >= 0.6 is 0 Å². The maximum atomic E-state index is 12.9. The molecule has 30 heavy (non-hydrogen) atoms. The van der Waals surface area contributed by atoms with E-state index >= 15 is 0 Å². The van der Waals surface area contributed by atoms with E-state index in [1.165, 1.54) is 5.56 Å². The lowest BCUT2D eigenvalue weighted by Gasteiger charge is -2.11. The molecule has 0 aromatic carbocycles. The van der Waals surface area contributed by atoms with Gasteiger partial charge in [0.25, 0.3) is 5.91 Å². The fraction of sp³-hybridized carbons (Fsp3) is 0.227. The van der Waals surface area contributed by atoms with Gasteiger partial charge in [0.05, 0.1) is 17.5 Å². The van der Waals surface area contributed by atoms with E-state index in [1.807, 2.05) is 55.1 Å². The Kier molecular flexibility index (Phi) is 5.65. The second-order valence-electron chi connectivity index (χ2n) is 7.22. The van der Waals surface area contributed by atoms with Gasteiger partial charge in [-0.3, -0.25) is 14.5 Å². The number of rotatable bonds is 7. The van der Waals surface area contributed by atoms with Crippen LogP contribution < -0.4 is 5.32 Å². The Balaban J connectivity index is 1.48. The van der Waals surface area contributed by atoms with Crippen LogP contribution in [0.4, 0.5) is 5.82 Å². The topological polar surface area (TPSA) is 90.5 Å². The summed E-state index contributed by atoms with van der Waals surface area (Å²) in [5.41, 5.74) is 2.51. The molecule has 1 N–H and O–H groups in total. The lowest BCUT2D eigenvalue weighted by atomic mass is 10.1. The molecule has 8 nitrogen and oxygen atoms in total. The molecule has 0 saturated carbocycles. The first kappa shape index (κ1) is 19.5. The lowest BCUT2D eigenvalue weighted by Crippen LogP contribution is -2.16. The van der Waals surface area contributed by atoms with Crippen molar-refractivity contribution in [2.45, 2.75) is 32.7 Å². The molecule has 0 fully saturated rings. The molecular formula is C22H23N7O. The number of amides is 1. The highest BCUT2D eigenvalue weighted by atomic mass is 16.1. The number of aryl methyl sites for hydroxylation is 2. The molecule has 0 aliphatic rings. The predicted molar refractivity (Wildman–Crippen MR) is 114 cm³/mol. The third-order valence-electron chi connectivity index (χ3n) is 4.73. The van der Waals surface area contributed by atoms with Crippen molar-refractivity contribution in [1.82, 2.24) is 29.5 Å². The summed E-state index contributed by atoms with van der Waals surface area (Å²) in [4.78, 5) is 21.3. The number of aromatic nitrogens is 6. The van der Waals surface area contributed by atoms with Gasteiger partial charge < -0.3 is 5.32 Å². The SMILES string of the molecule is CC(C)c1c(C(=O)Nc2ccn(CCc3ccncc3)n2)cnn1-c1ccccn1. The summed E-state index contributed by atoms with van der Waals surface area (Å²) in [7, 11) is 0. The minimum absolute atomic E-state index is 0.0909. The van der Waals surface area contributed by atoms with Crippen LogP contribution in [-0.2, 0) is 13.0 Å². The average Bonchev–Trinajstić information content (AvgIpc) is 3.41. The van der Waals surface area contributed by atoms with Crippen LogP contribution in [0.15, 0.2) is 67.4 Å². The summed E-state index contributed by atoms with van der Waals surface area (Å²) in [6.07, 6.45) is 9.55. The fourth-order valence-corrected chi connectivity index (χ4v) is 3.28. The minimum atomic E-state index is -0.236. The van der Waals surface area contributed by atoms with Gasteiger partial charge in [-0.15, -0.1) is 0 Å². The zero-order valence-electron chi connectivity index (χ0n) is 16.9. The van der Waals surface area contributed by atoms with Crippen LogP contribution in [0.3, 0.4) is 0 Å². The third kappa shape index (κ3) is 4.27. The largest absolute Gasteiger partial charge is 0.305 e. The molecular weight excluding hydrogens is 378 g/mol. The Hall–Kier alpha value is -3.81. The molecule has 8 heteroatoms. The Labute approximate surface area is 174 Å². The third-order valence-corrected chi connectivity index (χ3v) is 4.73. The van der Waals surface area contributed by atoms with Gasteiger partial charge in [0.1, 0.15) is 0 Å². The monoisotopic (exact) mass is 401 g/mol. The normalized spacial score (nSPS) is 11.0. The van der Waals surface area contributed by atoms with E-state index in [2.05, 4.69) is 25.5 Å². The van der Waals surface area contributed by atoms with E-state index in [0.717, 1.165) is 18.7 Å². The second kappa shape index (κ2) is 8.69. The highest BCUT2D eigenvalue weighted by Crippen LogP contribution is 2.23. The molecule has 4 aromatic rings. The number of nitrogens with zero attached hydrogens (tertiary/aromatic N) is 6. The Morgan fingerprint density at radius 3 is 2.67 bits per heavy atom. The van der Waals surface area contributed by atoms with Crippen molar-refractivity contribution in [3.8, 4) is 5.82 Å². The van der Waals surface area contributed by atoms with Crippen molar-refractivity contribution in [2.75, 3.05) is 5.32 Å². The maximum absolute atomic E-state index is 12.9. The van der Waals surface area contributed by atoms with Crippen LogP contribution in [-0.4, -0.2) is 35.4 Å². The zero-order chi connectivity index (χ0) is 20.9. The van der Waals surface area contributed by atoms with E-state index in [-0.39, 0.29) is 11.8 Å². The minimum Gasteiger partial charge on any atom is -0.305 e. The lowest BCUT2D eigenvalue weighted by molar-refractivity contribution is 0.102. The first-order valence-electron chi connectivity index (χ1n) is 9.85. The second-order valence-corrected chi connectivity index (χ2v) is 7.22. The Bertz CT molecular complexity index is 1120. The van der Waals surface area contributed by atoms with Crippen molar-refractivity contribution in [1.29, 1.82) is 0 Å². The molecule has 0 bridgehead atoms. The summed E-state index contributed by atoms with van der Waals surface area (Å²) >= 11 is 0. The summed E-state index contributed by atoms with van der Waals surface area (Å²) < 4.78 is 3.53. The number of nitrogens with one attached hydrogen (secondary N) is 1. The first-order valence-corrected chi connectivity index (χ1v) is 9.85. The number of carbonyl (C=O) groups excluding carboxylic acids is 1. The first-order chi connectivity index (χ1) is 14.6. The number of hydrogen-bond donors (Lipinski definition) is 1. The van der Waals surface area contributed by atoms with Crippen molar-refractivity contribution >= 4 is 11.7 Å². The summed E-state index contributed by atoms with van der Waals surface area (Å²) in [5, 5.41) is 11.7. The van der Waals surface area contributed by atoms with Gasteiger partial charge in [-0.05, 0) is 42.2 Å². The molecule has 0 aliphatic carbocycles. The standard InChI is InChI=1S/C22H23N7O/c1-16(2)21-18(15-25-29(21)20-5-3-4-10-24-20)22(30)26-19-9-14-28(27-19)13-8-17-6-11-23-12-7-17/h3-7,9-12,14-16H,8,13H2,1-2H3,(H,26,27,30). The van der Waals surface area contributed by atoms with Crippen molar-refractivity contribution in [2.24, 2.45) is 0 Å². The predicted octanol–water partition coefficient (Wildman–Crippen LogP) is 3.48. The van der Waals surface area contributed by atoms with Gasteiger partial charge in [0.15, 0.2) is 11.6 Å². The molecule has 0 saturated heterocycles. The van der Waals surface area contributed by atoms with Crippen LogP contribution in [0, 0.1) is 0 Å². The summed E-state index contributed by atoms with van der Waals surface area (Å²) in [5.74, 6) is 1.05. The van der Waals surface area contributed by atoms with E-state index in [9.17, 15) is 4.79 Å². The number of pyridine rings is 2. The summed E-state index contributed by atoms with van der Waals surface area (Å²) in [6, 6.07) is 11.4. The molecule has 1 amide bonds. The molecule has 4 heterocycles. The number of carbonyl (C=O) groups is 1. The van der Waals surface area contributed by atoms with Crippen molar-refractivity contribution in [3.05, 3.63) is 84.2 Å². The molecule has 4 rings (SSSR count). The molecule has 0 unspecified atom stereocenters. The molecule has 0 spiro atoms. The van der Waals surface area contributed by atoms with Crippen LogP contribution in [0.5, 0.6) is 0 Å². The van der Waals surface area contributed by atoms with E-state index in [0.29, 0.717) is 17.2 Å². The number of hydrogen-bond acceptors (Lipinski definition) is 5. The van der Waals surface area contributed by atoms with Crippen molar-refractivity contribution < 1.29 is 4.79 Å². The molecule has 0 radical (unpaired) electrons. The van der Waals surface area contributed by atoms with E-state index in [4.69, 9.17) is 0 Å². The Morgan fingerprint density at radius 1 is 1.10 bits per heavy atom. The fourth-order valence-electron chi connectivity index (χ4n) is 3.28. The van der Waals surface area contributed by atoms with Gasteiger partial charge in [-0.1, -0.05) is 19.9 Å². The van der Waals surface area contributed by atoms with Gasteiger partial charge in [-0.25, -0.2) is 9.67 Å². The average molecular weight is 401 g/mol. The molecule has 4 aromatic heterocycles. The van der Waals surface area contributed by atoms with Crippen molar-refractivity contribution in [3.63, 3.8) is 0 Å². The van der Waals surface area contributed by atoms with E-state index < -0.39 is 0 Å².